The standard InChI is InChI=1S/C27H28N2O3/c1-28(16-15-20-13-14-25(31-2)26(17-20)32-3)27(30)23-19-29(18-21-9-5-4-6-10-21)24-12-8-7-11-22(23)24/h4-14,17,19H,15-16,18H2,1-3H3. The zero-order valence-corrected chi connectivity index (χ0v) is 18.7. The lowest BCUT2D eigenvalue weighted by molar-refractivity contribution is 0.0798. The van der Waals surface area contributed by atoms with Crippen LogP contribution in [0.2, 0.25) is 0 Å². The average Bonchev–Trinajstić information content (AvgIpc) is 3.20. The first-order valence-electron chi connectivity index (χ1n) is 10.7. The molecule has 0 fully saturated rings. The summed E-state index contributed by atoms with van der Waals surface area (Å²) >= 11 is 0. The molecule has 1 aromatic heterocycles. The number of fused-ring (bicyclic) bond motifs is 1. The van der Waals surface area contributed by atoms with Crippen molar-refractivity contribution >= 4 is 16.8 Å². The number of rotatable bonds is 8. The Morgan fingerprint density at radius 3 is 2.34 bits per heavy atom. The van der Waals surface area contributed by atoms with E-state index in [0.29, 0.717) is 18.0 Å². The minimum Gasteiger partial charge on any atom is -0.493 e. The van der Waals surface area contributed by atoms with Crippen molar-refractivity contribution in [3.63, 3.8) is 0 Å². The van der Waals surface area contributed by atoms with E-state index >= 15 is 0 Å². The van der Waals surface area contributed by atoms with Crippen LogP contribution in [-0.2, 0) is 13.0 Å². The molecule has 0 N–H and O–H groups in total. The molecular formula is C27H28N2O3. The average molecular weight is 429 g/mol. The third-order valence-electron chi connectivity index (χ3n) is 5.75. The molecule has 0 aliphatic heterocycles. The van der Waals surface area contributed by atoms with Crippen molar-refractivity contribution in [1.82, 2.24) is 9.47 Å². The van der Waals surface area contributed by atoms with Gasteiger partial charge in [0.1, 0.15) is 0 Å². The summed E-state index contributed by atoms with van der Waals surface area (Å²) in [6.45, 7) is 1.33. The molecule has 32 heavy (non-hydrogen) atoms. The van der Waals surface area contributed by atoms with Gasteiger partial charge in [-0.3, -0.25) is 4.79 Å². The van der Waals surface area contributed by atoms with Gasteiger partial charge in [-0.1, -0.05) is 54.6 Å². The van der Waals surface area contributed by atoms with Crippen molar-refractivity contribution in [1.29, 1.82) is 0 Å². The SMILES string of the molecule is COc1ccc(CCN(C)C(=O)c2cn(Cc3ccccc3)c3ccccc23)cc1OC. The monoisotopic (exact) mass is 428 g/mol. The number of carbonyl (C=O) groups excluding carboxylic acids is 1. The quantitative estimate of drug-likeness (QED) is 0.396. The van der Waals surface area contributed by atoms with Crippen LogP contribution in [0, 0.1) is 0 Å². The first kappa shape index (κ1) is 21.5. The van der Waals surface area contributed by atoms with Gasteiger partial charge in [0.15, 0.2) is 11.5 Å². The maximum atomic E-state index is 13.3. The fourth-order valence-electron chi connectivity index (χ4n) is 3.97. The summed E-state index contributed by atoms with van der Waals surface area (Å²) in [5.74, 6) is 1.42. The molecule has 5 heteroatoms. The van der Waals surface area contributed by atoms with Crippen molar-refractivity contribution < 1.29 is 14.3 Å². The number of carbonyl (C=O) groups is 1. The van der Waals surface area contributed by atoms with E-state index in [-0.39, 0.29) is 5.91 Å². The maximum absolute atomic E-state index is 13.3. The maximum Gasteiger partial charge on any atom is 0.255 e. The number of likely N-dealkylation sites (N-methyl/N-ethyl adjacent to an activating group) is 1. The highest BCUT2D eigenvalue weighted by molar-refractivity contribution is 6.06. The molecular weight excluding hydrogens is 400 g/mol. The van der Waals surface area contributed by atoms with Crippen LogP contribution in [-0.4, -0.2) is 43.2 Å². The molecule has 5 nitrogen and oxygen atoms in total. The van der Waals surface area contributed by atoms with Gasteiger partial charge >= 0.3 is 0 Å². The van der Waals surface area contributed by atoms with Crippen LogP contribution in [0.1, 0.15) is 21.5 Å². The number of ether oxygens (including phenoxy) is 2. The van der Waals surface area contributed by atoms with E-state index in [2.05, 4.69) is 22.8 Å². The number of nitrogens with zero attached hydrogens (tertiary/aromatic N) is 2. The second-order valence-corrected chi connectivity index (χ2v) is 7.84. The Morgan fingerprint density at radius 2 is 1.59 bits per heavy atom. The summed E-state index contributed by atoms with van der Waals surface area (Å²) in [6.07, 6.45) is 2.71. The van der Waals surface area contributed by atoms with Crippen molar-refractivity contribution in [2.75, 3.05) is 27.8 Å². The van der Waals surface area contributed by atoms with E-state index in [9.17, 15) is 4.79 Å². The van der Waals surface area contributed by atoms with Crippen molar-refractivity contribution in [2.45, 2.75) is 13.0 Å². The van der Waals surface area contributed by atoms with Gasteiger partial charge in [0.2, 0.25) is 0 Å². The molecule has 4 rings (SSSR count). The molecule has 164 valence electrons. The number of hydrogen-bond donors (Lipinski definition) is 0. The van der Waals surface area contributed by atoms with Crippen molar-refractivity contribution in [3.05, 3.63) is 95.7 Å². The number of para-hydroxylation sites is 1. The number of methoxy groups -OCH3 is 2. The van der Waals surface area contributed by atoms with E-state index in [1.54, 1.807) is 19.1 Å². The smallest absolute Gasteiger partial charge is 0.255 e. The first-order valence-corrected chi connectivity index (χ1v) is 10.7. The van der Waals surface area contributed by atoms with Gasteiger partial charge in [-0.05, 0) is 35.7 Å². The van der Waals surface area contributed by atoms with Crippen LogP contribution in [0.15, 0.2) is 79.0 Å². The van der Waals surface area contributed by atoms with Gasteiger partial charge in [0.25, 0.3) is 5.91 Å². The Balaban J connectivity index is 1.53. The molecule has 0 saturated heterocycles. The fourth-order valence-corrected chi connectivity index (χ4v) is 3.97. The number of benzene rings is 3. The molecule has 0 spiro atoms. The van der Waals surface area contributed by atoms with Crippen LogP contribution in [0.3, 0.4) is 0 Å². The van der Waals surface area contributed by atoms with E-state index in [1.165, 1.54) is 5.56 Å². The molecule has 0 aliphatic rings. The number of amides is 1. The Bertz CT molecular complexity index is 1210. The van der Waals surface area contributed by atoms with Gasteiger partial charge < -0.3 is 18.9 Å². The minimum atomic E-state index is 0.0217. The lowest BCUT2D eigenvalue weighted by atomic mass is 10.1. The topological polar surface area (TPSA) is 43.7 Å². The molecule has 1 amide bonds. The van der Waals surface area contributed by atoms with Gasteiger partial charge in [0, 0.05) is 37.2 Å². The van der Waals surface area contributed by atoms with Crippen molar-refractivity contribution in [2.24, 2.45) is 0 Å². The highest BCUT2D eigenvalue weighted by Crippen LogP contribution is 2.28. The van der Waals surface area contributed by atoms with E-state index < -0.39 is 0 Å². The zero-order valence-electron chi connectivity index (χ0n) is 18.7. The van der Waals surface area contributed by atoms with E-state index in [0.717, 1.165) is 35.0 Å². The fraction of sp³-hybridized carbons (Fsp3) is 0.222. The van der Waals surface area contributed by atoms with E-state index in [1.807, 2.05) is 67.8 Å². The first-order chi connectivity index (χ1) is 15.6. The molecule has 3 aromatic carbocycles. The lowest BCUT2D eigenvalue weighted by Crippen LogP contribution is -2.28. The predicted molar refractivity (Wildman–Crippen MR) is 128 cm³/mol. The molecule has 0 radical (unpaired) electrons. The summed E-state index contributed by atoms with van der Waals surface area (Å²) in [5.41, 5.74) is 4.09. The lowest BCUT2D eigenvalue weighted by Gasteiger charge is -2.17. The zero-order chi connectivity index (χ0) is 22.5. The second-order valence-electron chi connectivity index (χ2n) is 7.84. The Kier molecular flexibility index (Phi) is 6.45. The third-order valence-corrected chi connectivity index (χ3v) is 5.75. The molecule has 0 unspecified atom stereocenters. The van der Waals surface area contributed by atoms with Gasteiger partial charge in [-0.15, -0.1) is 0 Å². The van der Waals surface area contributed by atoms with Crippen LogP contribution in [0.5, 0.6) is 11.5 Å². The van der Waals surface area contributed by atoms with E-state index in [4.69, 9.17) is 9.47 Å². The molecule has 0 bridgehead atoms. The summed E-state index contributed by atoms with van der Waals surface area (Å²) in [5, 5.41) is 0.978. The minimum absolute atomic E-state index is 0.0217. The van der Waals surface area contributed by atoms with Gasteiger partial charge in [-0.2, -0.15) is 0 Å². The largest absolute Gasteiger partial charge is 0.493 e. The van der Waals surface area contributed by atoms with Crippen LogP contribution in [0.4, 0.5) is 0 Å². The molecule has 4 aromatic rings. The Labute approximate surface area is 188 Å². The third kappa shape index (κ3) is 4.47. The summed E-state index contributed by atoms with van der Waals surface area (Å²) in [4.78, 5) is 15.1. The molecule has 0 aliphatic carbocycles. The van der Waals surface area contributed by atoms with Crippen LogP contribution < -0.4 is 9.47 Å². The van der Waals surface area contributed by atoms with Gasteiger partial charge in [0.05, 0.1) is 19.8 Å². The van der Waals surface area contributed by atoms with Gasteiger partial charge in [-0.25, -0.2) is 0 Å². The number of aromatic nitrogens is 1. The summed E-state index contributed by atoms with van der Waals surface area (Å²) in [6, 6.07) is 24.2. The number of hydrogen-bond acceptors (Lipinski definition) is 3. The Hall–Kier alpha value is -3.73. The Morgan fingerprint density at radius 1 is 0.875 bits per heavy atom. The molecule has 0 saturated carbocycles. The molecule has 0 atom stereocenters. The van der Waals surface area contributed by atoms with Crippen LogP contribution in [0.25, 0.3) is 10.9 Å². The highest BCUT2D eigenvalue weighted by Gasteiger charge is 2.18. The predicted octanol–water partition coefficient (Wildman–Crippen LogP) is 5.02. The highest BCUT2D eigenvalue weighted by atomic mass is 16.5. The molecule has 1 heterocycles. The summed E-state index contributed by atoms with van der Waals surface area (Å²) in [7, 11) is 5.10. The van der Waals surface area contributed by atoms with Crippen LogP contribution >= 0.6 is 0 Å². The summed E-state index contributed by atoms with van der Waals surface area (Å²) < 4.78 is 12.9. The normalized spacial score (nSPS) is 10.8. The second kappa shape index (κ2) is 9.60. The van der Waals surface area contributed by atoms with Crippen molar-refractivity contribution in [3.8, 4) is 11.5 Å².